The second-order valence-electron chi connectivity index (χ2n) is 6.35. The summed E-state index contributed by atoms with van der Waals surface area (Å²) in [4.78, 5) is 7.76. The molecule has 0 amide bonds. The molecule has 0 spiro atoms. The van der Waals surface area contributed by atoms with Crippen molar-refractivity contribution < 1.29 is 21.6 Å². The molecule has 0 radical (unpaired) electrons. The van der Waals surface area contributed by atoms with Crippen LogP contribution in [0.25, 0.3) is 0 Å². The van der Waals surface area contributed by atoms with Gasteiger partial charge in [0.1, 0.15) is 6.33 Å². The number of sulfonamides is 1. The third kappa shape index (κ3) is 2.69. The van der Waals surface area contributed by atoms with Crippen molar-refractivity contribution in [3.63, 3.8) is 0 Å². The molecule has 0 aliphatic carbocycles. The van der Waals surface area contributed by atoms with Gasteiger partial charge in [0, 0.05) is 24.2 Å². The Morgan fingerprint density at radius 2 is 2.00 bits per heavy atom. The average Bonchev–Trinajstić information content (AvgIpc) is 2.90. The zero-order valence-corrected chi connectivity index (χ0v) is 14.8. The van der Waals surface area contributed by atoms with E-state index in [9.17, 15) is 21.6 Å². The average molecular weight is 404 g/mol. The van der Waals surface area contributed by atoms with E-state index in [1.54, 1.807) is 6.20 Å². The SMILES string of the molecule is O=S(=O)(c1ccc(Cl)c(C(F)(F)F)c1)N1C2CCC1c1cncnc1C2. The first kappa shape index (κ1) is 17.7. The molecule has 10 heteroatoms. The Bertz CT molecular complexity index is 981. The summed E-state index contributed by atoms with van der Waals surface area (Å²) in [7, 11) is -4.12. The highest BCUT2D eigenvalue weighted by Crippen LogP contribution is 2.46. The van der Waals surface area contributed by atoms with Gasteiger partial charge in [0.15, 0.2) is 0 Å². The highest BCUT2D eigenvalue weighted by Gasteiger charge is 2.47. The molecule has 1 saturated heterocycles. The van der Waals surface area contributed by atoms with Gasteiger partial charge in [0.2, 0.25) is 10.0 Å². The van der Waals surface area contributed by atoms with Crippen LogP contribution in [0.3, 0.4) is 0 Å². The predicted octanol–water partition coefficient (Wildman–Crippen LogP) is 3.60. The molecule has 1 fully saturated rings. The second-order valence-corrected chi connectivity index (χ2v) is 8.60. The fraction of sp³-hybridized carbons (Fsp3) is 0.375. The normalized spacial score (nSPS) is 23.1. The van der Waals surface area contributed by atoms with Crippen molar-refractivity contribution >= 4 is 21.6 Å². The van der Waals surface area contributed by atoms with Gasteiger partial charge in [-0.25, -0.2) is 18.4 Å². The monoisotopic (exact) mass is 403 g/mol. The van der Waals surface area contributed by atoms with Gasteiger partial charge in [-0.05, 0) is 31.0 Å². The van der Waals surface area contributed by atoms with Gasteiger partial charge < -0.3 is 0 Å². The standard InChI is InChI=1S/C16H13ClF3N3O2S/c17-13-3-2-10(6-12(13)16(18,19)20)26(24,25)23-9-1-4-15(23)11-7-21-8-22-14(11)5-9/h2-3,6-9,15H,1,4-5H2. The highest BCUT2D eigenvalue weighted by molar-refractivity contribution is 7.89. The molecule has 1 aromatic heterocycles. The minimum Gasteiger partial charge on any atom is -0.244 e. The maximum Gasteiger partial charge on any atom is 0.417 e. The Labute approximate surface area is 152 Å². The molecule has 3 heterocycles. The number of benzene rings is 1. The second kappa shape index (κ2) is 5.90. The smallest absolute Gasteiger partial charge is 0.244 e. The lowest BCUT2D eigenvalue weighted by atomic mass is 10.0. The zero-order valence-electron chi connectivity index (χ0n) is 13.2. The first-order chi connectivity index (χ1) is 12.2. The number of aromatic nitrogens is 2. The van der Waals surface area contributed by atoms with E-state index in [2.05, 4.69) is 9.97 Å². The summed E-state index contributed by atoms with van der Waals surface area (Å²) in [6.45, 7) is 0. The molecule has 0 N–H and O–H groups in total. The van der Waals surface area contributed by atoms with E-state index in [0.29, 0.717) is 25.3 Å². The van der Waals surface area contributed by atoms with E-state index >= 15 is 0 Å². The number of nitrogens with zero attached hydrogens (tertiary/aromatic N) is 3. The summed E-state index contributed by atoms with van der Waals surface area (Å²) in [5, 5.41) is -0.531. The molecule has 4 rings (SSSR count). The van der Waals surface area contributed by atoms with Crippen molar-refractivity contribution in [2.75, 3.05) is 0 Å². The number of hydrogen-bond acceptors (Lipinski definition) is 4. The van der Waals surface area contributed by atoms with Crippen LogP contribution in [0.4, 0.5) is 13.2 Å². The van der Waals surface area contributed by atoms with Crippen molar-refractivity contribution in [1.29, 1.82) is 0 Å². The van der Waals surface area contributed by atoms with Crippen LogP contribution in [0, 0.1) is 0 Å². The molecule has 2 aliphatic rings. The Morgan fingerprint density at radius 1 is 1.23 bits per heavy atom. The molecule has 2 aromatic rings. The topological polar surface area (TPSA) is 63.2 Å². The number of halogens is 4. The number of rotatable bonds is 2. The minimum absolute atomic E-state index is 0.322. The van der Waals surface area contributed by atoms with E-state index in [0.717, 1.165) is 23.4 Å². The molecule has 5 nitrogen and oxygen atoms in total. The van der Waals surface area contributed by atoms with Crippen molar-refractivity contribution in [3.8, 4) is 0 Å². The first-order valence-corrected chi connectivity index (χ1v) is 9.70. The molecule has 2 aliphatic heterocycles. The van der Waals surface area contributed by atoms with Crippen LogP contribution in [-0.2, 0) is 22.6 Å². The van der Waals surface area contributed by atoms with E-state index in [1.165, 1.54) is 10.6 Å². The fourth-order valence-electron chi connectivity index (χ4n) is 3.75. The number of alkyl halides is 3. The molecule has 2 atom stereocenters. The Kier molecular flexibility index (Phi) is 4.01. The molecule has 2 bridgehead atoms. The summed E-state index contributed by atoms with van der Waals surface area (Å²) in [6.07, 6.45) is -0.0987. The van der Waals surface area contributed by atoms with E-state index in [1.807, 2.05) is 0 Å². The van der Waals surface area contributed by atoms with Gasteiger partial charge >= 0.3 is 6.18 Å². The lowest BCUT2D eigenvalue weighted by Crippen LogP contribution is -2.42. The third-order valence-electron chi connectivity index (χ3n) is 4.87. The van der Waals surface area contributed by atoms with Gasteiger partial charge in [-0.2, -0.15) is 17.5 Å². The predicted molar refractivity (Wildman–Crippen MR) is 87.0 cm³/mol. The molecule has 26 heavy (non-hydrogen) atoms. The van der Waals surface area contributed by atoms with Gasteiger partial charge in [-0.15, -0.1) is 0 Å². The van der Waals surface area contributed by atoms with Crippen LogP contribution >= 0.6 is 11.6 Å². The molecular formula is C16H13ClF3N3O2S. The zero-order chi connectivity index (χ0) is 18.7. The third-order valence-corrected chi connectivity index (χ3v) is 7.16. The van der Waals surface area contributed by atoms with Gasteiger partial charge in [0.05, 0.1) is 27.2 Å². The summed E-state index contributed by atoms with van der Waals surface area (Å²) >= 11 is 5.61. The van der Waals surface area contributed by atoms with Crippen LogP contribution in [0.1, 0.15) is 35.7 Å². The van der Waals surface area contributed by atoms with Crippen molar-refractivity contribution in [3.05, 3.63) is 52.6 Å². The maximum atomic E-state index is 13.1. The molecule has 1 aromatic carbocycles. The Hall–Kier alpha value is -1.71. The number of fused-ring (bicyclic) bond motifs is 4. The summed E-state index contributed by atoms with van der Waals surface area (Å²) in [5.74, 6) is 0. The van der Waals surface area contributed by atoms with Crippen LogP contribution in [0.15, 0.2) is 35.6 Å². The Balaban J connectivity index is 1.80. The van der Waals surface area contributed by atoms with E-state index < -0.39 is 37.7 Å². The van der Waals surface area contributed by atoms with E-state index in [-0.39, 0.29) is 6.04 Å². The summed E-state index contributed by atoms with van der Waals surface area (Å²) < 4.78 is 66.9. The van der Waals surface area contributed by atoms with Crippen molar-refractivity contribution in [1.82, 2.24) is 14.3 Å². The highest BCUT2D eigenvalue weighted by atomic mass is 35.5. The molecule has 2 unspecified atom stereocenters. The van der Waals surface area contributed by atoms with Gasteiger partial charge in [0.25, 0.3) is 0 Å². The van der Waals surface area contributed by atoms with Gasteiger partial charge in [-0.3, -0.25) is 0 Å². The largest absolute Gasteiger partial charge is 0.417 e. The van der Waals surface area contributed by atoms with Crippen LogP contribution in [0.2, 0.25) is 5.02 Å². The minimum atomic E-state index is -4.73. The van der Waals surface area contributed by atoms with Crippen LogP contribution < -0.4 is 0 Å². The van der Waals surface area contributed by atoms with Gasteiger partial charge in [-0.1, -0.05) is 11.6 Å². The summed E-state index contributed by atoms with van der Waals surface area (Å²) in [5.41, 5.74) is 0.356. The summed E-state index contributed by atoms with van der Waals surface area (Å²) in [6, 6.07) is 1.91. The molecule has 138 valence electrons. The van der Waals surface area contributed by atoms with Crippen molar-refractivity contribution in [2.24, 2.45) is 0 Å². The molecule has 0 saturated carbocycles. The van der Waals surface area contributed by atoms with E-state index in [4.69, 9.17) is 11.6 Å². The lowest BCUT2D eigenvalue weighted by molar-refractivity contribution is -0.137. The molecular weight excluding hydrogens is 391 g/mol. The quantitative estimate of drug-likeness (QED) is 0.768. The first-order valence-electron chi connectivity index (χ1n) is 7.88. The maximum absolute atomic E-state index is 13.1. The number of hydrogen-bond donors (Lipinski definition) is 0. The van der Waals surface area contributed by atoms with Crippen LogP contribution in [-0.4, -0.2) is 28.7 Å². The van der Waals surface area contributed by atoms with Crippen LogP contribution in [0.5, 0.6) is 0 Å². The van der Waals surface area contributed by atoms with Crippen molar-refractivity contribution in [2.45, 2.75) is 42.4 Å². The Morgan fingerprint density at radius 3 is 2.73 bits per heavy atom. The fourth-order valence-corrected chi connectivity index (χ4v) is 5.85. The lowest BCUT2D eigenvalue weighted by Gasteiger charge is -2.34.